The van der Waals surface area contributed by atoms with E-state index in [0.29, 0.717) is 24.7 Å². The van der Waals surface area contributed by atoms with Gasteiger partial charge in [0.05, 0.1) is 24.4 Å². The van der Waals surface area contributed by atoms with Gasteiger partial charge in [-0.05, 0) is 32.3 Å². The van der Waals surface area contributed by atoms with Crippen molar-refractivity contribution in [2.75, 3.05) is 32.5 Å². The number of hydrogen-bond donors (Lipinski definition) is 3. The Kier molecular flexibility index (Phi) is 7.44. The molecule has 172 valence electrons. The molecule has 1 heterocycles. The quantitative estimate of drug-likeness (QED) is 0.151. The maximum atomic E-state index is 14.4. The number of nitrogens with one attached hydrogen (secondary N) is 3. The van der Waals surface area contributed by atoms with E-state index < -0.39 is 46.7 Å². The summed E-state index contributed by atoms with van der Waals surface area (Å²) in [5.41, 5.74) is 2.22. The number of likely N-dealkylation sites (N-methyl/N-ethyl adjacent to an activating group) is 1. The second-order valence-corrected chi connectivity index (χ2v) is 7.32. The van der Waals surface area contributed by atoms with Crippen LogP contribution in [0, 0.1) is 29.1 Å². The molecule has 3 aromatic rings. The van der Waals surface area contributed by atoms with Gasteiger partial charge in [-0.25, -0.2) is 22.0 Å². The van der Waals surface area contributed by atoms with E-state index in [2.05, 4.69) is 15.8 Å². The molecule has 1 aromatic heterocycles. The molecule has 0 saturated heterocycles. The fourth-order valence-electron chi connectivity index (χ4n) is 2.95. The summed E-state index contributed by atoms with van der Waals surface area (Å²) >= 11 is 0. The van der Waals surface area contributed by atoms with E-state index in [1.165, 1.54) is 12.3 Å². The van der Waals surface area contributed by atoms with Crippen molar-refractivity contribution in [2.24, 2.45) is 0 Å². The number of H-pyrrole nitrogens is 1. The number of pyridine rings is 1. The van der Waals surface area contributed by atoms with E-state index in [-0.39, 0.29) is 23.2 Å². The first-order chi connectivity index (χ1) is 15.2. The Morgan fingerprint density at radius 3 is 2.44 bits per heavy atom. The van der Waals surface area contributed by atoms with Crippen LogP contribution < -0.4 is 16.2 Å². The van der Waals surface area contributed by atoms with Crippen molar-refractivity contribution < 1.29 is 26.8 Å². The summed E-state index contributed by atoms with van der Waals surface area (Å²) in [4.78, 5) is 22.4. The Hall–Kier alpha value is -3.02. The summed E-state index contributed by atoms with van der Waals surface area (Å²) < 4.78 is 67.5. The zero-order valence-corrected chi connectivity index (χ0v) is 17.3. The minimum absolute atomic E-state index is 0.119. The second-order valence-electron chi connectivity index (χ2n) is 7.32. The Bertz CT molecular complexity index is 1180. The number of hydrogen-bond acceptors (Lipinski definition) is 5. The minimum Gasteiger partial charge on any atom is -0.381 e. The number of aromatic nitrogens is 1. The van der Waals surface area contributed by atoms with Gasteiger partial charge in [0.15, 0.2) is 28.7 Å². The highest BCUT2D eigenvalue weighted by molar-refractivity contribution is 5.82. The zero-order valence-electron chi connectivity index (χ0n) is 17.3. The van der Waals surface area contributed by atoms with Crippen molar-refractivity contribution in [1.29, 1.82) is 0 Å². The lowest BCUT2D eigenvalue weighted by molar-refractivity contribution is 0.0213. The minimum atomic E-state index is -1.94. The van der Waals surface area contributed by atoms with Gasteiger partial charge >= 0.3 is 0 Å². The van der Waals surface area contributed by atoms with E-state index in [0.717, 1.165) is 6.07 Å². The van der Waals surface area contributed by atoms with Crippen molar-refractivity contribution in [3.8, 4) is 0 Å². The number of anilines is 1. The molecule has 11 heteroatoms. The third-order valence-electron chi connectivity index (χ3n) is 4.69. The molecule has 3 N–H and O–H groups in total. The van der Waals surface area contributed by atoms with Crippen LogP contribution in [0.25, 0.3) is 10.9 Å². The van der Waals surface area contributed by atoms with Crippen LogP contribution in [-0.4, -0.2) is 37.1 Å². The molecule has 0 aliphatic rings. The Morgan fingerprint density at radius 2 is 1.72 bits per heavy atom. The third-order valence-corrected chi connectivity index (χ3v) is 4.69. The highest BCUT2D eigenvalue weighted by atomic mass is 19.2. The van der Waals surface area contributed by atoms with E-state index in [1.54, 1.807) is 0 Å². The Labute approximate surface area is 179 Å². The van der Waals surface area contributed by atoms with Gasteiger partial charge in [0, 0.05) is 35.8 Å². The molecule has 0 aliphatic carbocycles. The largest absolute Gasteiger partial charge is 0.381 e. The van der Waals surface area contributed by atoms with Crippen molar-refractivity contribution in [3.63, 3.8) is 0 Å². The molecular weight excluding hydrogens is 435 g/mol. The average Bonchev–Trinajstić information content (AvgIpc) is 2.75. The lowest BCUT2D eigenvalue weighted by atomic mass is 10.1. The van der Waals surface area contributed by atoms with Gasteiger partial charge < -0.3 is 15.2 Å². The van der Waals surface area contributed by atoms with Gasteiger partial charge in [-0.15, -0.1) is 0 Å². The van der Waals surface area contributed by atoms with Crippen LogP contribution >= 0.6 is 0 Å². The standard InChI is InChI=1S/C21H21F5N4O2/c1-30(2)4-3-27-17-7-16-13(6-14(17)22)21(31)12(8-28-16)9-29-32-10-11-5-15(23)19(25)20(26)18(11)24/h5-8,27,29H,3-4,9-10H2,1-2H3,(H,28,31). The van der Waals surface area contributed by atoms with Gasteiger partial charge in [-0.3, -0.25) is 9.63 Å². The lowest BCUT2D eigenvalue weighted by Crippen LogP contribution is -2.22. The first-order valence-corrected chi connectivity index (χ1v) is 9.58. The molecule has 0 amide bonds. The first kappa shape index (κ1) is 23.6. The average molecular weight is 456 g/mol. The molecule has 2 aromatic carbocycles. The molecule has 6 nitrogen and oxygen atoms in total. The van der Waals surface area contributed by atoms with E-state index in [1.807, 2.05) is 19.0 Å². The third kappa shape index (κ3) is 5.23. The van der Waals surface area contributed by atoms with Crippen molar-refractivity contribution in [1.82, 2.24) is 15.4 Å². The predicted molar refractivity (Wildman–Crippen MR) is 109 cm³/mol. The van der Waals surface area contributed by atoms with E-state index >= 15 is 0 Å². The molecule has 32 heavy (non-hydrogen) atoms. The molecule has 0 saturated carbocycles. The molecule has 0 aliphatic heterocycles. The van der Waals surface area contributed by atoms with Crippen LogP contribution in [0.1, 0.15) is 11.1 Å². The zero-order chi connectivity index (χ0) is 23.4. The number of rotatable bonds is 9. The number of hydroxylamine groups is 1. The van der Waals surface area contributed by atoms with Crippen LogP contribution in [0.2, 0.25) is 0 Å². The smallest absolute Gasteiger partial charge is 0.197 e. The van der Waals surface area contributed by atoms with Crippen LogP contribution in [0.15, 0.2) is 29.2 Å². The van der Waals surface area contributed by atoms with Crippen LogP contribution in [0.3, 0.4) is 0 Å². The van der Waals surface area contributed by atoms with Gasteiger partial charge in [0.2, 0.25) is 0 Å². The maximum Gasteiger partial charge on any atom is 0.197 e. The molecule has 0 fully saturated rings. The number of aromatic amines is 1. The number of benzene rings is 2. The summed E-state index contributed by atoms with van der Waals surface area (Å²) in [6.07, 6.45) is 1.40. The molecule has 0 radical (unpaired) electrons. The van der Waals surface area contributed by atoms with Crippen molar-refractivity contribution in [3.05, 3.63) is 74.8 Å². The summed E-state index contributed by atoms with van der Waals surface area (Å²) in [5, 5.41) is 3.08. The van der Waals surface area contributed by atoms with Gasteiger partial charge in [-0.2, -0.15) is 5.48 Å². The van der Waals surface area contributed by atoms with Gasteiger partial charge in [-0.1, -0.05) is 0 Å². The number of halogens is 5. The normalized spacial score (nSPS) is 11.5. The van der Waals surface area contributed by atoms with E-state index in [4.69, 9.17) is 4.84 Å². The predicted octanol–water partition coefficient (Wildman–Crippen LogP) is 3.42. The lowest BCUT2D eigenvalue weighted by Gasteiger charge is -2.13. The van der Waals surface area contributed by atoms with Crippen molar-refractivity contribution >= 4 is 16.6 Å². The fraction of sp³-hybridized carbons (Fsp3) is 0.286. The monoisotopic (exact) mass is 456 g/mol. The first-order valence-electron chi connectivity index (χ1n) is 9.58. The molecule has 3 rings (SSSR count). The van der Waals surface area contributed by atoms with Crippen molar-refractivity contribution in [2.45, 2.75) is 13.2 Å². The Balaban J connectivity index is 1.67. The summed E-state index contributed by atoms with van der Waals surface area (Å²) in [7, 11) is 3.78. The molecule has 0 unspecified atom stereocenters. The maximum absolute atomic E-state index is 14.4. The Morgan fingerprint density at radius 1 is 0.969 bits per heavy atom. The highest BCUT2D eigenvalue weighted by Crippen LogP contribution is 2.21. The molecule has 0 spiro atoms. The molecule has 0 bridgehead atoms. The summed E-state index contributed by atoms with van der Waals surface area (Å²) in [6.45, 7) is 0.423. The van der Waals surface area contributed by atoms with E-state index in [9.17, 15) is 26.7 Å². The number of nitrogens with zero attached hydrogens (tertiary/aromatic N) is 1. The molecular formula is C21H21F5N4O2. The van der Waals surface area contributed by atoms with Crippen LogP contribution in [0.4, 0.5) is 27.6 Å². The molecule has 0 atom stereocenters. The fourth-order valence-corrected chi connectivity index (χ4v) is 2.95. The second kappa shape index (κ2) is 10.1. The van der Waals surface area contributed by atoms with Gasteiger partial charge in [0.25, 0.3) is 0 Å². The topological polar surface area (TPSA) is 69.4 Å². The highest BCUT2D eigenvalue weighted by Gasteiger charge is 2.19. The van der Waals surface area contributed by atoms with Gasteiger partial charge in [0.1, 0.15) is 5.82 Å². The summed E-state index contributed by atoms with van der Waals surface area (Å²) in [5.74, 6) is -7.55. The van der Waals surface area contributed by atoms with Crippen LogP contribution in [-0.2, 0) is 18.0 Å². The van der Waals surface area contributed by atoms with Crippen LogP contribution in [0.5, 0.6) is 0 Å². The number of fused-ring (bicyclic) bond motifs is 1. The SMILES string of the molecule is CN(C)CCNc1cc2[nH]cc(CNOCc3cc(F)c(F)c(F)c3F)c(=O)c2cc1F. The summed E-state index contributed by atoms with van der Waals surface area (Å²) in [6, 6.07) is 3.09.